The van der Waals surface area contributed by atoms with Crippen LogP contribution in [0, 0.1) is 5.92 Å². The molecule has 2 amide bonds. The molecule has 2 aliphatic heterocycles. The Kier molecular flexibility index (Phi) is 5.47. The Morgan fingerprint density at radius 1 is 1.07 bits per heavy atom. The first-order chi connectivity index (χ1) is 13.6. The summed E-state index contributed by atoms with van der Waals surface area (Å²) < 4.78 is 0. The molecule has 0 aliphatic carbocycles. The lowest BCUT2D eigenvalue weighted by molar-refractivity contribution is -0.122. The van der Waals surface area contributed by atoms with Crippen LogP contribution in [0.5, 0.6) is 0 Å². The predicted octanol–water partition coefficient (Wildman–Crippen LogP) is 2.70. The fraction of sp³-hybridized carbons (Fsp3) is 0.450. The van der Waals surface area contributed by atoms with E-state index in [1.54, 1.807) is 0 Å². The zero-order valence-corrected chi connectivity index (χ0v) is 16.6. The van der Waals surface area contributed by atoms with Crippen molar-refractivity contribution in [3.05, 3.63) is 35.3 Å². The summed E-state index contributed by atoms with van der Waals surface area (Å²) in [5.41, 5.74) is 7.62. The van der Waals surface area contributed by atoms with Crippen molar-refractivity contribution < 1.29 is 9.59 Å². The summed E-state index contributed by atoms with van der Waals surface area (Å²) >= 11 is 1.52. The third-order valence-corrected chi connectivity index (χ3v) is 6.39. The molecule has 0 atom stereocenters. The number of primary amides is 1. The molecule has 3 heterocycles. The SMILES string of the molecule is NC(=O)C1CCN(c2ccccc2NC(=O)c2csc(N3CCCC3)n2)CC1. The second-order valence-electron chi connectivity index (χ2n) is 7.34. The van der Waals surface area contributed by atoms with Gasteiger partial charge in [-0.3, -0.25) is 9.59 Å². The van der Waals surface area contributed by atoms with Crippen molar-refractivity contribution in [2.24, 2.45) is 11.7 Å². The predicted molar refractivity (Wildman–Crippen MR) is 112 cm³/mol. The summed E-state index contributed by atoms with van der Waals surface area (Å²) in [6, 6.07) is 7.77. The maximum atomic E-state index is 12.8. The number of nitrogens with one attached hydrogen (secondary N) is 1. The number of thiazole rings is 1. The second kappa shape index (κ2) is 8.18. The van der Waals surface area contributed by atoms with Crippen LogP contribution in [0.2, 0.25) is 0 Å². The summed E-state index contributed by atoms with van der Waals surface area (Å²) in [5.74, 6) is -0.475. The average molecular weight is 400 g/mol. The fourth-order valence-electron chi connectivity index (χ4n) is 3.87. The number of piperidine rings is 1. The van der Waals surface area contributed by atoms with Gasteiger partial charge in [0, 0.05) is 37.5 Å². The van der Waals surface area contributed by atoms with Gasteiger partial charge in [0.25, 0.3) is 5.91 Å². The van der Waals surface area contributed by atoms with E-state index in [-0.39, 0.29) is 17.7 Å². The number of nitrogens with zero attached hydrogens (tertiary/aromatic N) is 3. The Hall–Kier alpha value is -2.61. The molecule has 2 fully saturated rings. The number of carbonyl (C=O) groups is 2. The number of para-hydroxylation sites is 2. The first kappa shape index (κ1) is 18.7. The minimum atomic E-state index is -0.224. The molecular weight excluding hydrogens is 374 g/mol. The Labute approximate surface area is 168 Å². The molecular formula is C20H25N5O2S. The Morgan fingerprint density at radius 2 is 1.79 bits per heavy atom. The van der Waals surface area contributed by atoms with E-state index < -0.39 is 0 Å². The van der Waals surface area contributed by atoms with Crippen LogP contribution in [-0.4, -0.2) is 43.0 Å². The van der Waals surface area contributed by atoms with E-state index in [2.05, 4.69) is 20.1 Å². The van der Waals surface area contributed by atoms with E-state index in [1.807, 2.05) is 29.6 Å². The highest BCUT2D eigenvalue weighted by Crippen LogP contribution is 2.31. The van der Waals surface area contributed by atoms with Crippen LogP contribution in [0.25, 0.3) is 0 Å². The maximum absolute atomic E-state index is 12.8. The van der Waals surface area contributed by atoms with Crippen LogP contribution in [0.15, 0.2) is 29.6 Å². The van der Waals surface area contributed by atoms with Crippen LogP contribution < -0.4 is 20.9 Å². The van der Waals surface area contributed by atoms with E-state index in [0.29, 0.717) is 5.69 Å². The molecule has 0 spiro atoms. The maximum Gasteiger partial charge on any atom is 0.275 e. The smallest absolute Gasteiger partial charge is 0.275 e. The normalized spacial score (nSPS) is 17.7. The molecule has 2 saturated heterocycles. The van der Waals surface area contributed by atoms with Gasteiger partial charge >= 0.3 is 0 Å². The number of aromatic nitrogens is 1. The quantitative estimate of drug-likeness (QED) is 0.807. The van der Waals surface area contributed by atoms with Gasteiger partial charge in [-0.25, -0.2) is 4.98 Å². The van der Waals surface area contributed by atoms with Gasteiger partial charge in [-0.15, -0.1) is 11.3 Å². The minimum Gasteiger partial charge on any atom is -0.370 e. The highest BCUT2D eigenvalue weighted by molar-refractivity contribution is 7.14. The molecule has 2 aromatic rings. The van der Waals surface area contributed by atoms with E-state index in [9.17, 15) is 9.59 Å². The van der Waals surface area contributed by atoms with Crippen LogP contribution in [0.3, 0.4) is 0 Å². The molecule has 0 unspecified atom stereocenters. The first-order valence-electron chi connectivity index (χ1n) is 9.77. The molecule has 2 aliphatic rings. The van der Waals surface area contributed by atoms with Crippen molar-refractivity contribution in [3.8, 4) is 0 Å². The third-order valence-electron chi connectivity index (χ3n) is 5.49. The number of hydrogen-bond donors (Lipinski definition) is 2. The Morgan fingerprint density at radius 3 is 2.50 bits per heavy atom. The number of carbonyl (C=O) groups excluding carboxylic acids is 2. The Bertz CT molecular complexity index is 854. The molecule has 1 aromatic heterocycles. The lowest BCUT2D eigenvalue weighted by atomic mass is 9.96. The number of hydrogen-bond acceptors (Lipinski definition) is 6. The van der Waals surface area contributed by atoms with E-state index in [4.69, 9.17) is 5.73 Å². The van der Waals surface area contributed by atoms with Crippen LogP contribution in [0.4, 0.5) is 16.5 Å². The second-order valence-corrected chi connectivity index (χ2v) is 8.18. The molecule has 8 heteroatoms. The van der Waals surface area contributed by atoms with Gasteiger partial charge < -0.3 is 20.9 Å². The average Bonchev–Trinajstić information content (AvgIpc) is 3.40. The minimum absolute atomic E-state index is 0.0583. The van der Waals surface area contributed by atoms with Crippen molar-refractivity contribution in [3.63, 3.8) is 0 Å². The zero-order valence-electron chi connectivity index (χ0n) is 15.8. The van der Waals surface area contributed by atoms with Gasteiger partial charge in [-0.05, 0) is 37.8 Å². The molecule has 7 nitrogen and oxygen atoms in total. The molecule has 1 aromatic carbocycles. The van der Waals surface area contributed by atoms with Gasteiger partial charge in [0.1, 0.15) is 5.69 Å². The first-order valence-corrected chi connectivity index (χ1v) is 10.6. The van der Waals surface area contributed by atoms with E-state index >= 15 is 0 Å². The number of amides is 2. The lowest BCUT2D eigenvalue weighted by Crippen LogP contribution is -2.38. The molecule has 0 radical (unpaired) electrons. The number of rotatable bonds is 5. The molecule has 148 valence electrons. The van der Waals surface area contributed by atoms with Crippen molar-refractivity contribution in [2.45, 2.75) is 25.7 Å². The highest BCUT2D eigenvalue weighted by Gasteiger charge is 2.25. The zero-order chi connectivity index (χ0) is 19.5. The number of anilines is 3. The van der Waals surface area contributed by atoms with E-state index in [1.165, 1.54) is 24.2 Å². The lowest BCUT2D eigenvalue weighted by Gasteiger charge is -2.33. The molecule has 3 N–H and O–H groups in total. The van der Waals surface area contributed by atoms with Gasteiger partial charge in [0.05, 0.1) is 11.4 Å². The summed E-state index contributed by atoms with van der Waals surface area (Å²) in [6.45, 7) is 3.52. The van der Waals surface area contributed by atoms with Crippen molar-refractivity contribution in [1.29, 1.82) is 0 Å². The summed E-state index contributed by atoms with van der Waals surface area (Å²) in [5, 5.41) is 5.76. The number of benzene rings is 1. The van der Waals surface area contributed by atoms with Gasteiger partial charge in [-0.1, -0.05) is 12.1 Å². The van der Waals surface area contributed by atoms with Gasteiger partial charge in [-0.2, -0.15) is 0 Å². The standard InChI is InChI=1S/C20H25N5O2S/c21-18(26)14-7-11-24(12-8-14)17-6-2-1-5-15(17)22-19(27)16-13-28-20(23-16)25-9-3-4-10-25/h1-2,5-6,13-14H,3-4,7-12H2,(H2,21,26)(H,22,27). The van der Waals surface area contributed by atoms with Gasteiger partial charge in [0.2, 0.25) is 5.91 Å². The molecule has 28 heavy (non-hydrogen) atoms. The number of nitrogens with two attached hydrogens (primary N) is 1. The summed E-state index contributed by atoms with van der Waals surface area (Å²) in [6.07, 6.45) is 3.84. The van der Waals surface area contributed by atoms with Crippen molar-refractivity contribution in [1.82, 2.24) is 4.98 Å². The van der Waals surface area contributed by atoms with Crippen LogP contribution >= 0.6 is 11.3 Å². The third kappa shape index (κ3) is 3.96. The van der Waals surface area contributed by atoms with Crippen molar-refractivity contribution >= 4 is 39.7 Å². The fourth-order valence-corrected chi connectivity index (χ4v) is 4.73. The monoisotopic (exact) mass is 399 g/mol. The molecule has 0 saturated carbocycles. The molecule has 0 bridgehead atoms. The topological polar surface area (TPSA) is 91.6 Å². The van der Waals surface area contributed by atoms with Crippen molar-refractivity contribution in [2.75, 3.05) is 41.3 Å². The van der Waals surface area contributed by atoms with Crippen LogP contribution in [0.1, 0.15) is 36.2 Å². The van der Waals surface area contributed by atoms with Crippen LogP contribution in [-0.2, 0) is 4.79 Å². The molecule has 4 rings (SSSR count). The largest absolute Gasteiger partial charge is 0.370 e. The highest BCUT2D eigenvalue weighted by atomic mass is 32.1. The van der Waals surface area contributed by atoms with Gasteiger partial charge in [0.15, 0.2) is 5.13 Å². The van der Waals surface area contributed by atoms with E-state index in [0.717, 1.165) is 55.5 Å². The summed E-state index contributed by atoms with van der Waals surface area (Å²) in [7, 11) is 0. The Balaban J connectivity index is 1.45. The summed E-state index contributed by atoms with van der Waals surface area (Å²) in [4.78, 5) is 33.1.